The normalized spacial score (nSPS) is 34.4. The Morgan fingerprint density at radius 1 is 1.04 bits per heavy atom. The average Bonchev–Trinajstić information content (AvgIpc) is 2.59. The maximum absolute atomic E-state index is 11.9. The number of fused-ring (bicyclic) bond motifs is 1. The molecule has 0 heterocycles. The molecule has 0 N–H and O–H groups in total. The van der Waals surface area contributed by atoms with Crippen molar-refractivity contribution in [2.45, 2.75) is 78.2 Å². The fourth-order valence-corrected chi connectivity index (χ4v) is 6.00. The summed E-state index contributed by atoms with van der Waals surface area (Å²) in [5, 5.41) is 0. The van der Waals surface area contributed by atoms with E-state index in [0.717, 1.165) is 25.7 Å². The smallest absolute Gasteiger partial charge is 0.459 e. The number of methoxy groups -OCH3 is 2. The Hall–Kier alpha value is -1.70. The quantitative estimate of drug-likeness (QED) is 0.404. The first-order valence-corrected chi connectivity index (χ1v) is 9.93. The molecule has 0 aromatic heterocycles. The van der Waals surface area contributed by atoms with E-state index in [2.05, 4.69) is 37.3 Å². The zero-order valence-electron chi connectivity index (χ0n) is 17.6. The number of hydrogen-bond acceptors (Lipinski definition) is 5. The van der Waals surface area contributed by atoms with Crippen LogP contribution in [0.1, 0.15) is 72.6 Å². The lowest BCUT2D eigenvalue weighted by Crippen LogP contribution is -2.58. The highest BCUT2D eigenvalue weighted by atomic mass is 16.7. The summed E-state index contributed by atoms with van der Waals surface area (Å²) in [6.07, 6.45) is 6.12. The first-order valence-electron chi connectivity index (χ1n) is 9.93. The standard InChI is InChI=1S/C22H34O5/c1-20(2)13-9-14-21(3)16(20)12-15-22(4,27-19(24)26-6)17(21)10-7-8-11-18(23)25-5/h16-17H,7,9-10,12-15H2,1-6H3/t16-,17+,21?,22-/m0/s1. The third-order valence-corrected chi connectivity index (χ3v) is 7.16. The van der Waals surface area contributed by atoms with Crippen molar-refractivity contribution in [2.24, 2.45) is 22.7 Å². The third-order valence-electron chi connectivity index (χ3n) is 7.16. The second-order valence-corrected chi connectivity index (χ2v) is 9.19. The molecule has 0 aromatic rings. The van der Waals surface area contributed by atoms with Gasteiger partial charge in [-0.15, -0.1) is 0 Å². The van der Waals surface area contributed by atoms with E-state index >= 15 is 0 Å². The first-order chi connectivity index (χ1) is 12.6. The average molecular weight is 379 g/mol. The van der Waals surface area contributed by atoms with Crippen LogP contribution in [0.3, 0.4) is 0 Å². The van der Waals surface area contributed by atoms with Gasteiger partial charge in [0.15, 0.2) is 0 Å². The molecule has 27 heavy (non-hydrogen) atoms. The molecule has 0 saturated heterocycles. The van der Waals surface area contributed by atoms with Crippen LogP contribution in [-0.2, 0) is 19.0 Å². The van der Waals surface area contributed by atoms with Crippen LogP contribution in [-0.4, -0.2) is 31.9 Å². The highest BCUT2D eigenvalue weighted by molar-refractivity contribution is 5.88. The summed E-state index contributed by atoms with van der Waals surface area (Å²) >= 11 is 0. The summed E-state index contributed by atoms with van der Waals surface area (Å²) in [5.41, 5.74) is -0.246. The Morgan fingerprint density at radius 3 is 2.37 bits per heavy atom. The third kappa shape index (κ3) is 4.42. The van der Waals surface area contributed by atoms with Crippen molar-refractivity contribution in [1.82, 2.24) is 0 Å². The Bertz CT molecular complexity index is 628. The summed E-state index contributed by atoms with van der Waals surface area (Å²) in [6.45, 7) is 9.13. The van der Waals surface area contributed by atoms with E-state index in [1.807, 2.05) is 6.92 Å². The molecule has 5 heteroatoms. The van der Waals surface area contributed by atoms with Crippen LogP contribution in [0.25, 0.3) is 0 Å². The van der Waals surface area contributed by atoms with Gasteiger partial charge in [-0.05, 0) is 55.8 Å². The van der Waals surface area contributed by atoms with Crippen molar-refractivity contribution in [3.63, 3.8) is 0 Å². The van der Waals surface area contributed by atoms with Crippen molar-refractivity contribution in [2.75, 3.05) is 14.2 Å². The molecule has 5 nitrogen and oxygen atoms in total. The van der Waals surface area contributed by atoms with E-state index in [0.29, 0.717) is 12.3 Å². The van der Waals surface area contributed by atoms with E-state index in [9.17, 15) is 9.59 Å². The highest BCUT2D eigenvalue weighted by Crippen LogP contribution is 2.63. The minimum absolute atomic E-state index is 0.0652. The van der Waals surface area contributed by atoms with E-state index in [1.165, 1.54) is 27.1 Å². The predicted molar refractivity (Wildman–Crippen MR) is 103 cm³/mol. The van der Waals surface area contributed by atoms with Crippen molar-refractivity contribution < 1.29 is 23.8 Å². The van der Waals surface area contributed by atoms with Gasteiger partial charge in [0.1, 0.15) is 5.60 Å². The van der Waals surface area contributed by atoms with Crippen LogP contribution in [0.2, 0.25) is 0 Å². The van der Waals surface area contributed by atoms with Crippen molar-refractivity contribution in [1.29, 1.82) is 0 Å². The van der Waals surface area contributed by atoms with Gasteiger partial charge in [0.05, 0.1) is 14.2 Å². The Labute approximate surface area is 163 Å². The first kappa shape index (κ1) is 21.6. The van der Waals surface area contributed by atoms with Gasteiger partial charge in [-0.1, -0.05) is 33.1 Å². The molecule has 2 fully saturated rings. The maximum Gasteiger partial charge on any atom is 0.508 e. The van der Waals surface area contributed by atoms with Gasteiger partial charge in [-0.2, -0.15) is 0 Å². The molecule has 2 aliphatic rings. The van der Waals surface area contributed by atoms with E-state index < -0.39 is 17.7 Å². The molecular weight excluding hydrogens is 344 g/mol. The highest BCUT2D eigenvalue weighted by Gasteiger charge is 2.59. The zero-order chi connectivity index (χ0) is 20.3. The van der Waals surface area contributed by atoms with Gasteiger partial charge in [-0.25, -0.2) is 9.59 Å². The zero-order valence-corrected chi connectivity index (χ0v) is 17.6. The summed E-state index contributed by atoms with van der Waals surface area (Å²) in [7, 11) is 2.68. The van der Waals surface area contributed by atoms with Gasteiger partial charge in [-0.3, -0.25) is 0 Å². The van der Waals surface area contributed by atoms with Crippen LogP contribution in [0.4, 0.5) is 4.79 Å². The minimum atomic E-state index is -0.625. The van der Waals surface area contributed by atoms with Crippen LogP contribution in [0.5, 0.6) is 0 Å². The van der Waals surface area contributed by atoms with Gasteiger partial charge in [0.25, 0.3) is 0 Å². The molecule has 0 spiro atoms. The van der Waals surface area contributed by atoms with Crippen LogP contribution in [0.15, 0.2) is 0 Å². The summed E-state index contributed by atoms with van der Waals surface area (Å²) < 4.78 is 15.2. The van der Waals surface area contributed by atoms with Crippen LogP contribution in [0, 0.1) is 34.5 Å². The second kappa shape index (κ2) is 8.12. The molecule has 2 saturated carbocycles. The Balaban J connectivity index is 2.31. The summed E-state index contributed by atoms with van der Waals surface area (Å²) in [4.78, 5) is 23.2. The lowest BCUT2D eigenvalue weighted by Gasteiger charge is -2.61. The van der Waals surface area contributed by atoms with Gasteiger partial charge >= 0.3 is 12.1 Å². The number of carbonyl (C=O) groups is 2. The number of ether oxygens (including phenoxy) is 3. The summed E-state index contributed by atoms with van der Waals surface area (Å²) in [5.74, 6) is 5.65. The fraction of sp³-hybridized carbons (Fsp3) is 0.818. The second-order valence-electron chi connectivity index (χ2n) is 9.19. The van der Waals surface area contributed by atoms with E-state index in [1.54, 1.807) is 0 Å². The molecule has 1 unspecified atom stereocenters. The molecule has 0 aliphatic heterocycles. The minimum Gasteiger partial charge on any atom is -0.459 e. The lowest BCUT2D eigenvalue weighted by atomic mass is 9.45. The van der Waals surface area contributed by atoms with Gasteiger partial charge in [0.2, 0.25) is 0 Å². The molecule has 152 valence electrons. The molecule has 0 aromatic carbocycles. The number of hydrogen-bond donors (Lipinski definition) is 0. The van der Waals surface area contributed by atoms with Gasteiger partial charge < -0.3 is 14.2 Å². The Kier molecular flexibility index (Phi) is 6.50. The van der Waals surface area contributed by atoms with Crippen molar-refractivity contribution >= 4 is 12.1 Å². The van der Waals surface area contributed by atoms with E-state index in [-0.39, 0.29) is 16.7 Å². The van der Waals surface area contributed by atoms with Gasteiger partial charge in [0, 0.05) is 18.3 Å². The molecule has 0 bridgehead atoms. The topological polar surface area (TPSA) is 61.8 Å². The largest absolute Gasteiger partial charge is 0.508 e. The molecule has 0 radical (unpaired) electrons. The molecule has 4 atom stereocenters. The lowest BCUT2D eigenvalue weighted by molar-refractivity contribution is -0.176. The van der Waals surface area contributed by atoms with Crippen LogP contribution < -0.4 is 0 Å². The van der Waals surface area contributed by atoms with Crippen molar-refractivity contribution in [3.8, 4) is 11.8 Å². The number of carbonyl (C=O) groups excluding carboxylic acids is 2. The predicted octanol–water partition coefficient (Wildman–Crippen LogP) is 4.73. The van der Waals surface area contributed by atoms with E-state index in [4.69, 9.17) is 9.47 Å². The Morgan fingerprint density at radius 2 is 1.74 bits per heavy atom. The molecule has 2 rings (SSSR count). The molecule has 2 aliphatic carbocycles. The van der Waals surface area contributed by atoms with Crippen LogP contribution >= 0.6 is 0 Å². The number of rotatable bonds is 3. The fourth-order valence-electron chi connectivity index (χ4n) is 6.00. The number of esters is 1. The monoisotopic (exact) mass is 378 g/mol. The maximum atomic E-state index is 11.9. The summed E-state index contributed by atoms with van der Waals surface area (Å²) in [6, 6.07) is 0. The molecule has 0 amide bonds. The molecular formula is C22H34O5. The van der Waals surface area contributed by atoms with Crippen molar-refractivity contribution in [3.05, 3.63) is 0 Å². The SMILES string of the molecule is COC(=O)C#CCC[C@@H]1C2(C)CCCC(C)(C)[C@@H]2CC[C@]1(C)OC(=O)OC.